The van der Waals surface area contributed by atoms with Crippen molar-refractivity contribution in [1.82, 2.24) is 9.80 Å². The summed E-state index contributed by atoms with van der Waals surface area (Å²) in [6, 6.07) is 1.92. The molecule has 1 amide bonds. The van der Waals surface area contributed by atoms with Gasteiger partial charge in [0.2, 0.25) is 0 Å². The van der Waals surface area contributed by atoms with Crippen LogP contribution < -0.4 is 0 Å². The normalized spacial score (nSPS) is 21.2. The van der Waals surface area contributed by atoms with Crippen LogP contribution >= 0.6 is 34.5 Å². The van der Waals surface area contributed by atoms with Crippen LogP contribution in [0.15, 0.2) is 6.07 Å². The quantitative estimate of drug-likeness (QED) is 0.551. The summed E-state index contributed by atoms with van der Waals surface area (Å²) < 4.78 is 6.67. The fraction of sp³-hybridized carbons (Fsp3) is 0.762. The molecule has 2 fully saturated rings. The molecule has 5 nitrogen and oxygen atoms in total. The number of carbonyl (C=O) groups is 1. The van der Waals surface area contributed by atoms with Crippen molar-refractivity contribution in [2.45, 2.75) is 63.4 Å². The number of rotatable bonds is 7. The van der Waals surface area contributed by atoms with Crippen molar-refractivity contribution in [2.75, 3.05) is 39.3 Å². The lowest BCUT2D eigenvalue weighted by Crippen LogP contribution is -2.52. The average molecular weight is 463 g/mol. The number of amides is 1. The van der Waals surface area contributed by atoms with Gasteiger partial charge in [-0.2, -0.15) is 0 Å². The van der Waals surface area contributed by atoms with Gasteiger partial charge in [-0.15, -0.1) is 11.3 Å². The van der Waals surface area contributed by atoms with E-state index in [1.807, 2.05) is 6.07 Å². The van der Waals surface area contributed by atoms with Crippen LogP contribution in [0.4, 0.5) is 4.79 Å². The Morgan fingerprint density at radius 1 is 1.24 bits per heavy atom. The molecule has 1 atom stereocenters. The van der Waals surface area contributed by atoms with Gasteiger partial charge >= 0.3 is 6.09 Å². The third-order valence-electron chi connectivity index (χ3n) is 6.22. The van der Waals surface area contributed by atoms with Gasteiger partial charge in [0.1, 0.15) is 0 Å². The molecule has 0 spiro atoms. The second-order valence-corrected chi connectivity index (χ2v) is 10.5. The highest BCUT2D eigenvalue weighted by molar-refractivity contribution is 7.20. The van der Waals surface area contributed by atoms with Gasteiger partial charge in [-0.1, -0.05) is 55.8 Å². The monoisotopic (exact) mass is 462 g/mol. The number of piperazine rings is 1. The molecule has 29 heavy (non-hydrogen) atoms. The first-order valence-corrected chi connectivity index (χ1v) is 12.3. The Morgan fingerprint density at radius 3 is 2.52 bits per heavy atom. The summed E-state index contributed by atoms with van der Waals surface area (Å²) in [5, 5.41) is 11.5. The summed E-state index contributed by atoms with van der Waals surface area (Å²) in [6.45, 7) is 6.12. The van der Waals surface area contributed by atoms with Gasteiger partial charge in [0.15, 0.2) is 0 Å². The Kier molecular flexibility index (Phi) is 8.51. The van der Waals surface area contributed by atoms with Crippen molar-refractivity contribution in [1.29, 1.82) is 0 Å². The number of unbranched alkanes of at least 4 members (excludes halogenated alkanes) is 1. The molecule has 0 radical (unpaired) electrons. The van der Waals surface area contributed by atoms with Gasteiger partial charge in [0.25, 0.3) is 0 Å². The molecule has 0 aromatic carbocycles. The molecule has 2 aliphatic rings. The number of hydrogen-bond donors (Lipinski definition) is 1. The van der Waals surface area contributed by atoms with Crippen LogP contribution in [0.1, 0.15) is 63.4 Å². The maximum Gasteiger partial charge on any atom is 0.409 e. The molecule has 1 N–H and O–H groups in total. The summed E-state index contributed by atoms with van der Waals surface area (Å²) in [6.07, 6.45) is 6.55. The summed E-state index contributed by atoms with van der Waals surface area (Å²) in [5.41, 5.74) is 0.218. The molecule has 1 unspecified atom stereocenters. The maximum atomic E-state index is 12.2. The summed E-state index contributed by atoms with van der Waals surface area (Å²) in [4.78, 5) is 16.3. The fourth-order valence-corrected chi connectivity index (χ4v) is 6.01. The Labute approximate surface area is 187 Å². The van der Waals surface area contributed by atoms with E-state index >= 15 is 0 Å². The minimum atomic E-state index is -0.748. The second kappa shape index (κ2) is 10.7. The zero-order valence-electron chi connectivity index (χ0n) is 17.2. The van der Waals surface area contributed by atoms with E-state index in [1.165, 1.54) is 17.8 Å². The summed E-state index contributed by atoms with van der Waals surface area (Å²) >= 11 is 14.1. The van der Waals surface area contributed by atoms with Gasteiger partial charge in [0.05, 0.1) is 20.9 Å². The van der Waals surface area contributed by atoms with Crippen molar-refractivity contribution >= 4 is 40.6 Å². The summed E-state index contributed by atoms with van der Waals surface area (Å²) in [7, 11) is 0. The first kappa shape index (κ1) is 23.1. The SMILES string of the molecule is CCCCOC(=O)N1CCN(CC(c2cc(Cl)sc2Cl)C2(O)CCCCC2)CC1. The van der Waals surface area contributed by atoms with Crippen molar-refractivity contribution < 1.29 is 14.6 Å². The Hall–Kier alpha value is -0.530. The molecule has 1 saturated heterocycles. The Bertz CT molecular complexity index is 671. The molecular weight excluding hydrogens is 431 g/mol. The van der Waals surface area contributed by atoms with E-state index in [4.69, 9.17) is 27.9 Å². The lowest BCUT2D eigenvalue weighted by atomic mass is 9.73. The van der Waals surface area contributed by atoms with E-state index in [-0.39, 0.29) is 12.0 Å². The van der Waals surface area contributed by atoms with Gasteiger partial charge in [-0.3, -0.25) is 4.90 Å². The molecule has 2 heterocycles. The number of nitrogens with zero attached hydrogens (tertiary/aromatic N) is 2. The number of aliphatic hydroxyl groups is 1. The molecule has 1 aromatic heterocycles. The molecular formula is C21H32Cl2N2O3S. The molecule has 0 bridgehead atoms. The average Bonchev–Trinajstić information content (AvgIpc) is 3.04. The fourth-order valence-electron chi connectivity index (χ4n) is 4.43. The van der Waals surface area contributed by atoms with Crippen LogP contribution in [0.5, 0.6) is 0 Å². The van der Waals surface area contributed by atoms with E-state index in [1.54, 1.807) is 4.90 Å². The Morgan fingerprint density at radius 2 is 1.93 bits per heavy atom. The maximum absolute atomic E-state index is 12.2. The van der Waals surface area contributed by atoms with Crippen LogP contribution in [0.3, 0.4) is 0 Å². The van der Waals surface area contributed by atoms with Crippen LogP contribution in [0, 0.1) is 0 Å². The molecule has 3 rings (SSSR count). The molecule has 8 heteroatoms. The minimum absolute atomic E-state index is 0.0675. The predicted molar refractivity (Wildman–Crippen MR) is 119 cm³/mol. The van der Waals surface area contributed by atoms with Gasteiger partial charge < -0.3 is 14.7 Å². The number of halogens is 2. The highest BCUT2D eigenvalue weighted by Gasteiger charge is 2.41. The molecule has 1 saturated carbocycles. The standard InChI is InChI=1S/C21H32Cl2N2O3S/c1-2-3-13-28-20(26)25-11-9-24(10-12-25)15-17(16-14-18(22)29-19(16)23)21(27)7-5-4-6-8-21/h14,17,27H,2-13,15H2,1H3. The zero-order chi connectivity index (χ0) is 20.9. The zero-order valence-corrected chi connectivity index (χ0v) is 19.5. The lowest BCUT2D eigenvalue weighted by Gasteiger charge is -2.43. The first-order chi connectivity index (χ1) is 13.9. The summed E-state index contributed by atoms with van der Waals surface area (Å²) in [5.74, 6) is -0.0675. The second-order valence-electron chi connectivity index (χ2n) is 8.25. The van der Waals surface area contributed by atoms with E-state index in [2.05, 4.69) is 11.8 Å². The van der Waals surface area contributed by atoms with Crippen molar-refractivity contribution in [2.24, 2.45) is 0 Å². The van der Waals surface area contributed by atoms with Crippen molar-refractivity contribution in [3.63, 3.8) is 0 Å². The van der Waals surface area contributed by atoms with Crippen molar-refractivity contribution in [3.05, 3.63) is 20.3 Å². The first-order valence-electron chi connectivity index (χ1n) is 10.7. The third-order valence-corrected chi connectivity index (χ3v) is 7.74. The smallest absolute Gasteiger partial charge is 0.409 e. The number of hydrogen-bond acceptors (Lipinski definition) is 5. The van der Waals surface area contributed by atoms with Gasteiger partial charge in [-0.05, 0) is 30.9 Å². The predicted octanol–water partition coefficient (Wildman–Crippen LogP) is 5.39. The lowest BCUT2D eigenvalue weighted by molar-refractivity contribution is -0.0340. The highest BCUT2D eigenvalue weighted by Crippen LogP contribution is 2.45. The van der Waals surface area contributed by atoms with Crippen LogP contribution in [0.2, 0.25) is 8.67 Å². The van der Waals surface area contributed by atoms with Crippen molar-refractivity contribution in [3.8, 4) is 0 Å². The van der Waals surface area contributed by atoms with E-state index < -0.39 is 5.60 Å². The van der Waals surface area contributed by atoms with Crippen LogP contribution in [-0.2, 0) is 4.74 Å². The third kappa shape index (κ3) is 6.01. The Balaban J connectivity index is 1.63. The topological polar surface area (TPSA) is 53.0 Å². The molecule has 1 aromatic rings. The largest absolute Gasteiger partial charge is 0.449 e. The number of ether oxygens (including phenoxy) is 1. The van der Waals surface area contributed by atoms with E-state index in [9.17, 15) is 9.90 Å². The van der Waals surface area contributed by atoms with Crippen LogP contribution in [-0.4, -0.2) is 65.9 Å². The van der Waals surface area contributed by atoms with Gasteiger partial charge in [0, 0.05) is 38.6 Å². The van der Waals surface area contributed by atoms with Crippen LogP contribution in [0.25, 0.3) is 0 Å². The minimum Gasteiger partial charge on any atom is -0.449 e. The highest BCUT2D eigenvalue weighted by atomic mass is 35.5. The molecule has 1 aliphatic heterocycles. The van der Waals surface area contributed by atoms with E-state index in [0.717, 1.165) is 63.7 Å². The number of thiophene rings is 1. The molecule has 164 valence electrons. The number of carbonyl (C=O) groups excluding carboxylic acids is 1. The molecule has 1 aliphatic carbocycles. The van der Waals surface area contributed by atoms with E-state index in [0.29, 0.717) is 28.4 Å². The van der Waals surface area contributed by atoms with Gasteiger partial charge in [-0.25, -0.2) is 4.79 Å².